The van der Waals surface area contributed by atoms with Gasteiger partial charge < -0.3 is 9.80 Å². The summed E-state index contributed by atoms with van der Waals surface area (Å²) in [6.45, 7) is 0. The molecule has 2 rings (SSSR count). The van der Waals surface area contributed by atoms with Crippen molar-refractivity contribution < 1.29 is 26.3 Å². The van der Waals surface area contributed by atoms with Crippen molar-refractivity contribution in [3.8, 4) is 0 Å². The lowest BCUT2D eigenvalue weighted by Gasteiger charge is -2.17. The second-order valence-corrected chi connectivity index (χ2v) is 6.74. The first-order valence-corrected chi connectivity index (χ1v) is 8.66. The van der Waals surface area contributed by atoms with E-state index in [4.69, 9.17) is 0 Å². The topological polar surface area (TPSA) is 31.2 Å². The Labute approximate surface area is 170 Å². The summed E-state index contributed by atoms with van der Waals surface area (Å²) in [7, 11) is 6.87. The summed E-state index contributed by atoms with van der Waals surface area (Å²) in [5.74, 6) is 0. The van der Waals surface area contributed by atoms with Crippen LogP contribution in [-0.4, -0.2) is 52.0 Å². The fraction of sp³-hybridized carbons (Fsp3) is 0.300. The lowest BCUT2D eigenvalue weighted by molar-refractivity contribution is -0.0709. The summed E-state index contributed by atoms with van der Waals surface area (Å²) in [5, 5.41) is 0. The molecule has 30 heavy (non-hydrogen) atoms. The highest BCUT2D eigenvalue weighted by molar-refractivity contribution is 6.47. The van der Waals surface area contributed by atoms with Crippen molar-refractivity contribution in [3.05, 3.63) is 48.5 Å². The number of hydrogen-bond acceptors (Lipinski definition) is 4. The van der Waals surface area contributed by atoms with Gasteiger partial charge in [-0.15, -0.1) is 0 Å². The van der Waals surface area contributed by atoms with Crippen LogP contribution in [0.3, 0.4) is 0 Å². The Balaban J connectivity index is 2.58. The highest BCUT2D eigenvalue weighted by Gasteiger charge is 2.50. The molecule has 0 heterocycles. The average molecular weight is 430 g/mol. The van der Waals surface area contributed by atoms with Crippen molar-refractivity contribution in [3.63, 3.8) is 0 Å². The molecule has 0 aliphatic rings. The number of rotatable bonds is 5. The zero-order valence-corrected chi connectivity index (χ0v) is 16.7. The molecule has 0 spiro atoms. The van der Waals surface area contributed by atoms with E-state index in [1.165, 1.54) is 48.5 Å². The third-order valence-corrected chi connectivity index (χ3v) is 3.98. The largest absolute Gasteiger partial charge is 0.435 e. The van der Waals surface area contributed by atoms with Crippen LogP contribution >= 0.6 is 0 Å². The smallest absolute Gasteiger partial charge is 0.378 e. The summed E-state index contributed by atoms with van der Waals surface area (Å²) in [6.07, 6.45) is -10.7. The molecule has 0 saturated heterocycles. The first kappa shape index (κ1) is 23.2. The van der Waals surface area contributed by atoms with Gasteiger partial charge in [0.05, 0.1) is 11.4 Å². The summed E-state index contributed by atoms with van der Waals surface area (Å²) in [5.41, 5.74) is -3.43. The maximum atomic E-state index is 13.5. The van der Waals surface area contributed by atoms with E-state index in [2.05, 4.69) is 9.98 Å². The Bertz CT molecular complexity index is 831. The molecule has 0 radical (unpaired) electrons. The van der Waals surface area contributed by atoms with Gasteiger partial charge in [-0.25, -0.2) is 9.98 Å². The van der Waals surface area contributed by atoms with Gasteiger partial charge in [-0.05, 0) is 48.5 Å². The molecule has 0 atom stereocenters. The number of hydrogen-bond donors (Lipinski definition) is 0. The van der Waals surface area contributed by atoms with Crippen LogP contribution in [0.25, 0.3) is 0 Å². The monoisotopic (exact) mass is 430 g/mol. The Kier molecular flexibility index (Phi) is 6.79. The minimum atomic E-state index is -5.36. The highest BCUT2D eigenvalue weighted by atomic mass is 19.4. The van der Waals surface area contributed by atoms with E-state index in [9.17, 15) is 26.3 Å². The second kappa shape index (κ2) is 8.76. The van der Waals surface area contributed by atoms with Crippen LogP contribution in [0.4, 0.5) is 49.1 Å². The van der Waals surface area contributed by atoms with Crippen LogP contribution in [0.15, 0.2) is 58.5 Å². The fourth-order valence-corrected chi connectivity index (χ4v) is 2.41. The first-order chi connectivity index (χ1) is 13.8. The number of aliphatic imine (C=N–C) groups is 2. The maximum absolute atomic E-state index is 13.5. The number of nitrogens with zero attached hydrogens (tertiary/aromatic N) is 4. The zero-order chi connectivity index (χ0) is 22.7. The Morgan fingerprint density at radius 1 is 0.567 bits per heavy atom. The number of benzene rings is 2. The SMILES string of the molecule is CN(C)c1ccc(N=C(C(=Nc2ccc(N(C)C)cc2)C(F)(F)F)C(F)(F)F)cc1. The summed E-state index contributed by atoms with van der Waals surface area (Å²) < 4.78 is 81.2. The Morgan fingerprint density at radius 2 is 0.833 bits per heavy atom. The number of halogens is 6. The van der Waals surface area contributed by atoms with Crippen LogP contribution in [0.5, 0.6) is 0 Å². The standard InChI is InChI=1S/C20H20F6N4/c1-29(2)15-9-5-13(6-10-15)27-17(19(21,22)23)18(20(24,25)26)28-14-7-11-16(12-8-14)30(3)4/h5-12H,1-4H3. The van der Waals surface area contributed by atoms with Gasteiger partial charge in [0.15, 0.2) is 11.4 Å². The van der Waals surface area contributed by atoms with Crippen molar-refractivity contribution in [2.45, 2.75) is 12.4 Å². The van der Waals surface area contributed by atoms with Gasteiger partial charge in [0.1, 0.15) is 0 Å². The van der Waals surface area contributed by atoms with E-state index < -0.39 is 23.8 Å². The summed E-state index contributed by atoms with van der Waals surface area (Å²) in [6, 6.07) is 10.7. The minimum Gasteiger partial charge on any atom is -0.378 e. The molecular formula is C20H20F6N4. The molecule has 0 bridgehead atoms. The third kappa shape index (κ3) is 5.98. The van der Waals surface area contributed by atoms with Crippen LogP contribution in [-0.2, 0) is 0 Å². The molecule has 162 valence electrons. The normalized spacial score (nSPS) is 13.4. The fourth-order valence-electron chi connectivity index (χ4n) is 2.41. The predicted molar refractivity (Wildman–Crippen MR) is 108 cm³/mol. The average Bonchev–Trinajstić information content (AvgIpc) is 2.63. The van der Waals surface area contributed by atoms with Gasteiger partial charge in [-0.1, -0.05) is 0 Å². The molecule has 0 aliphatic heterocycles. The lowest BCUT2D eigenvalue weighted by atomic mass is 10.2. The van der Waals surface area contributed by atoms with Crippen molar-refractivity contribution in [1.82, 2.24) is 0 Å². The van der Waals surface area contributed by atoms with Gasteiger partial charge in [0, 0.05) is 39.6 Å². The molecule has 0 unspecified atom stereocenters. The quantitative estimate of drug-likeness (QED) is 0.444. The van der Waals surface area contributed by atoms with Crippen LogP contribution in [0, 0.1) is 0 Å². The van der Waals surface area contributed by atoms with Gasteiger partial charge in [-0.3, -0.25) is 0 Å². The first-order valence-electron chi connectivity index (χ1n) is 8.66. The van der Waals surface area contributed by atoms with Gasteiger partial charge in [-0.2, -0.15) is 26.3 Å². The van der Waals surface area contributed by atoms with E-state index in [1.54, 1.807) is 38.0 Å². The van der Waals surface area contributed by atoms with Crippen molar-refractivity contribution >= 4 is 34.2 Å². The van der Waals surface area contributed by atoms with E-state index in [0.717, 1.165) is 0 Å². The highest BCUT2D eigenvalue weighted by Crippen LogP contribution is 2.31. The van der Waals surface area contributed by atoms with Crippen molar-refractivity contribution in [2.24, 2.45) is 9.98 Å². The van der Waals surface area contributed by atoms with Crippen LogP contribution in [0.2, 0.25) is 0 Å². The lowest BCUT2D eigenvalue weighted by Crippen LogP contribution is -2.40. The zero-order valence-electron chi connectivity index (χ0n) is 16.7. The molecule has 0 fully saturated rings. The van der Waals surface area contributed by atoms with Gasteiger partial charge in [0.2, 0.25) is 0 Å². The molecule has 2 aromatic carbocycles. The minimum absolute atomic E-state index is 0.271. The molecule has 0 aliphatic carbocycles. The Hall–Kier alpha value is -3.04. The third-order valence-electron chi connectivity index (χ3n) is 3.98. The molecule has 10 heteroatoms. The van der Waals surface area contributed by atoms with Crippen molar-refractivity contribution in [1.29, 1.82) is 0 Å². The Morgan fingerprint density at radius 3 is 1.03 bits per heavy atom. The molecule has 4 nitrogen and oxygen atoms in total. The van der Waals surface area contributed by atoms with Gasteiger partial charge in [0.25, 0.3) is 0 Å². The van der Waals surface area contributed by atoms with E-state index in [1.807, 2.05) is 0 Å². The second-order valence-electron chi connectivity index (χ2n) is 6.74. The van der Waals surface area contributed by atoms with E-state index >= 15 is 0 Å². The van der Waals surface area contributed by atoms with Crippen LogP contribution in [0.1, 0.15) is 0 Å². The van der Waals surface area contributed by atoms with Crippen molar-refractivity contribution in [2.75, 3.05) is 38.0 Å². The van der Waals surface area contributed by atoms with E-state index in [-0.39, 0.29) is 11.4 Å². The molecule has 0 aromatic heterocycles. The summed E-state index contributed by atoms with van der Waals surface area (Å²) >= 11 is 0. The van der Waals surface area contributed by atoms with Gasteiger partial charge >= 0.3 is 12.4 Å². The molecule has 0 saturated carbocycles. The number of anilines is 2. The van der Waals surface area contributed by atoms with E-state index in [0.29, 0.717) is 11.4 Å². The molecular weight excluding hydrogens is 410 g/mol. The molecule has 0 N–H and O–H groups in total. The molecule has 0 amide bonds. The predicted octanol–water partition coefficient (Wildman–Crippen LogP) is 5.79. The van der Waals surface area contributed by atoms with Crippen LogP contribution < -0.4 is 9.80 Å². The summed E-state index contributed by atoms with van der Waals surface area (Å²) in [4.78, 5) is 9.89. The number of alkyl halides is 6. The molecule has 2 aromatic rings. The maximum Gasteiger partial charge on any atom is 0.435 e.